The van der Waals surface area contributed by atoms with E-state index in [2.05, 4.69) is 5.32 Å². The third-order valence-corrected chi connectivity index (χ3v) is 4.63. The molecule has 29 heavy (non-hydrogen) atoms. The van der Waals surface area contributed by atoms with E-state index in [1.54, 1.807) is 12.1 Å². The van der Waals surface area contributed by atoms with Crippen LogP contribution >= 0.6 is 0 Å². The van der Waals surface area contributed by atoms with Crippen molar-refractivity contribution in [2.45, 2.75) is 39.3 Å². The zero-order valence-corrected chi connectivity index (χ0v) is 16.3. The Kier molecular flexibility index (Phi) is 6.07. The van der Waals surface area contributed by atoms with Crippen LogP contribution in [0.5, 0.6) is 0 Å². The smallest absolute Gasteiger partial charge is 0.338 e. The number of carbonyl (C=O) groups is 4. The molecule has 1 N–H and O–H groups in total. The van der Waals surface area contributed by atoms with Crippen LogP contribution < -0.4 is 10.2 Å². The van der Waals surface area contributed by atoms with Crippen LogP contribution in [0.4, 0.5) is 5.69 Å². The predicted octanol–water partition coefficient (Wildman–Crippen LogP) is 2.51. The molecule has 0 radical (unpaired) electrons. The van der Waals surface area contributed by atoms with Gasteiger partial charge in [0.2, 0.25) is 11.8 Å². The highest BCUT2D eigenvalue weighted by Crippen LogP contribution is 2.23. The third kappa shape index (κ3) is 4.87. The number of amides is 3. The lowest BCUT2D eigenvalue weighted by Gasteiger charge is -2.16. The van der Waals surface area contributed by atoms with Gasteiger partial charge < -0.3 is 10.1 Å². The van der Waals surface area contributed by atoms with Crippen LogP contribution in [-0.4, -0.2) is 29.8 Å². The molecule has 0 spiro atoms. The van der Waals surface area contributed by atoms with E-state index in [-0.39, 0.29) is 30.2 Å². The number of esters is 1. The topological polar surface area (TPSA) is 92.8 Å². The lowest BCUT2D eigenvalue weighted by atomic mass is 10.1. The summed E-state index contributed by atoms with van der Waals surface area (Å²) < 4.78 is 5.24. The van der Waals surface area contributed by atoms with Crippen molar-refractivity contribution in [3.63, 3.8) is 0 Å². The number of anilines is 1. The molecule has 7 heteroatoms. The molecule has 1 atom stereocenters. The van der Waals surface area contributed by atoms with Crippen LogP contribution in [0.1, 0.15) is 41.3 Å². The summed E-state index contributed by atoms with van der Waals surface area (Å²) in [5.41, 5.74) is 2.55. The SMILES string of the molecule is Cc1ccc(CNC(=O)[C@H](C)OC(=O)c2cccc(N3C(=O)CCC3=O)c2)cc1. The Labute approximate surface area is 168 Å². The molecule has 3 amide bonds. The van der Waals surface area contributed by atoms with Gasteiger partial charge in [-0.05, 0) is 37.6 Å². The summed E-state index contributed by atoms with van der Waals surface area (Å²) in [7, 11) is 0. The van der Waals surface area contributed by atoms with Crippen molar-refractivity contribution in [3.05, 3.63) is 65.2 Å². The van der Waals surface area contributed by atoms with Crippen LogP contribution in [-0.2, 0) is 25.7 Å². The van der Waals surface area contributed by atoms with Crippen LogP contribution in [0.25, 0.3) is 0 Å². The number of rotatable bonds is 6. The molecule has 3 rings (SSSR count). The summed E-state index contributed by atoms with van der Waals surface area (Å²) in [6.45, 7) is 3.80. The molecular formula is C22H22N2O5. The van der Waals surface area contributed by atoms with Crippen molar-refractivity contribution in [3.8, 4) is 0 Å². The lowest BCUT2D eigenvalue weighted by molar-refractivity contribution is -0.129. The lowest BCUT2D eigenvalue weighted by Crippen LogP contribution is -2.35. The van der Waals surface area contributed by atoms with Gasteiger partial charge in [-0.15, -0.1) is 0 Å². The Morgan fingerprint density at radius 1 is 1.07 bits per heavy atom. The highest BCUT2D eigenvalue weighted by atomic mass is 16.5. The minimum Gasteiger partial charge on any atom is -0.449 e. The van der Waals surface area contributed by atoms with Gasteiger partial charge in [-0.1, -0.05) is 35.9 Å². The van der Waals surface area contributed by atoms with E-state index in [1.165, 1.54) is 19.1 Å². The molecule has 0 unspecified atom stereocenters. The molecule has 1 saturated heterocycles. The van der Waals surface area contributed by atoms with Crippen molar-refractivity contribution in [2.75, 3.05) is 4.90 Å². The van der Waals surface area contributed by atoms with Crippen LogP contribution in [0, 0.1) is 6.92 Å². The number of nitrogens with zero attached hydrogens (tertiary/aromatic N) is 1. The van der Waals surface area contributed by atoms with E-state index in [4.69, 9.17) is 4.74 Å². The Balaban J connectivity index is 1.59. The molecule has 1 aliphatic rings. The second kappa shape index (κ2) is 8.68. The number of hydrogen-bond acceptors (Lipinski definition) is 5. The maximum atomic E-state index is 12.4. The molecule has 0 bridgehead atoms. The minimum atomic E-state index is -0.994. The quantitative estimate of drug-likeness (QED) is 0.600. The van der Waals surface area contributed by atoms with Crippen molar-refractivity contribution in [1.29, 1.82) is 0 Å². The Hall–Kier alpha value is -3.48. The van der Waals surface area contributed by atoms with Crippen LogP contribution in [0.15, 0.2) is 48.5 Å². The van der Waals surface area contributed by atoms with Gasteiger partial charge in [0, 0.05) is 19.4 Å². The summed E-state index contributed by atoms with van der Waals surface area (Å²) in [5, 5.41) is 2.73. The van der Waals surface area contributed by atoms with Crippen LogP contribution in [0.3, 0.4) is 0 Å². The fourth-order valence-corrected chi connectivity index (χ4v) is 2.96. The normalized spacial score (nSPS) is 14.6. The summed E-state index contributed by atoms with van der Waals surface area (Å²) >= 11 is 0. The van der Waals surface area contributed by atoms with Crippen molar-refractivity contribution >= 4 is 29.4 Å². The summed E-state index contributed by atoms with van der Waals surface area (Å²) in [5.74, 6) is -1.72. The second-order valence-corrected chi connectivity index (χ2v) is 6.92. The first-order chi connectivity index (χ1) is 13.8. The average molecular weight is 394 g/mol. The summed E-state index contributed by atoms with van der Waals surface area (Å²) in [6, 6.07) is 13.8. The third-order valence-electron chi connectivity index (χ3n) is 4.63. The standard InChI is InChI=1S/C22H22N2O5/c1-14-6-8-16(9-7-14)13-23-21(27)15(2)29-22(28)17-4-3-5-18(12-17)24-19(25)10-11-20(24)26/h3-9,12,15H,10-11,13H2,1-2H3,(H,23,27)/t15-/m0/s1. The van der Waals surface area contributed by atoms with Gasteiger partial charge in [-0.2, -0.15) is 0 Å². The summed E-state index contributed by atoms with van der Waals surface area (Å²) in [4.78, 5) is 49.5. The van der Waals surface area contributed by atoms with E-state index in [0.29, 0.717) is 12.2 Å². The molecule has 0 saturated carbocycles. The maximum absolute atomic E-state index is 12.4. The predicted molar refractivity (Wildman–Crippen MR) is 106 cm³/mol. The molecule has 0 aromatic heterocycles. The summed E-state index contributed by atoms with van der Waals surface area (Å²) in [6.07, 6.45) is -0.677. The fourth-order valence-electron chi connectivity index (χ4n) is 2.96. The Morgan fingerprint density at radius 3 is 2.38 bits per heavy atom. The Bertz CT molecular complexity index is 936. The van der Waals surface area contributed by atoms with Gasteiger partial charge in [0.25, 0.3) is 5.91 Å². The first-order valence-electron chi connectivity index (χ1n) is 9.35. The number of nitrogens with one attached hydrogen (secondary N) is 1. The van der Waals surface area contributed by atoms with Crippen molar-refractivity contribution in [2.24, 2.45) is 0 Å². The Morgan fingerprint density at radius 2 is 1.72 bits per heavy atom. The van der Waals surface area contributed by atoms with Gasteiger partial charge in [0.1, 0.15) is 0 Å². The highest BCUT2D eigenvalue weighted by molar-refractivity contribution is 6.20. The molecule has 0 aliphatic carbocycles. The zero-order valence-electron chi connectivity index (χ0n) is 16.3. The fraction of sp³-hybridized carbons (Fsp3) is 0.273. The first-order valence-corrected chi connectivity index (χ1v) is 9.35. The zero-order chi connectivity index (χ0) is 21.0. The molecule has 150 valence electrons. The number of imide groups is 1. The maximum Gasteiger partial charge on any atom is 0.338 e. The number of ether oxygens (including phenoxy) is 1. The van der Waals surface area contributed by atoms with E-state index in [9.17, 15) is 19.2 Å². The monoisotopic (exact) mass is 394 g/mol. The molecule has 7 nitrogen and oxygen atoms in total. The largest absolute Gasteiger partial charge is 0.449 e. The van der Waals surface area contributed by atoms with E-state index >= 15 is 0 Å². The first kappa shape index (κ1) is 20.3. The van der Waals surface area contributed by atoms with Crippen molar-refractivity contribution < 1.29 is 23.9 Å². The van der Waals surface area contributed by atoms with E-state index in [1.807, 2.05) is 31.2 Å². The van der Waals surface area contributed by atoms with Gasteiger partial charge in [0.05, 0.1) is 11.3 Å². The number of aryl methyl sites for hydroxylation is 1. The van der Waals surface area contributed by atoms with E-state index < -0.39 is 18.0 Å². The second-order valence-electron chi connectivity index (χ2n) is 6.92. The number of benzene rings is 2. The molecular weight excluding hydrogens is 372 g/mol. The van der Waals surface area contributed by atoms with Gasteiger partial charge in [0.15, 0.2) is 6.10 Å². The van der Waals surface area contributed by atoms with Crippen LogP contribution in [0.2, 0.25) is 0 Å². The average Bonchev–Trinajstić information content (AvgIpc) is 3.05. The molecule has 1 aliphatic heterocycles. The molecule has 2 aromatic carbocycles. The molecule has 2 aromatic rings. The van der Waals surface area contributed by atoms with Gasteiger partial charge in [-0.25, -0.2) is 4.79 Å². The number of carbonyl (C=O) groups excluding carboxylic acids is 4. The van der Waals surface area contributed by atoms with Gasteiger partial charge in [-0.3, -0.25) is 19.3 Å². The molecule has 1 fully saturated rings. The highest BCUT2D eigenvalue weighted by Gasteiger charge is 2.30. The molecule has 1 heterocycles. The van der Waals surface area contributed by atoms with E-state index in [0.717, 1.165) is 16.0 Å². The number of hydrogen-bond donors (Lipinski definition) is 1. The van der Waals surface area contributed by atoms with Crippen molar-refractivity contribution in [1.82, 2.24) is 5.32 Å². The minimum absolute atomic E-state index is 0.158. The van der Waals surface area contributed by atoms with Gasteiger partial charge >= 0.3 is 5.97 Å².